The summed E-state index contributed by atoms with van der Waals surface area (Å²) in [5.74, 6) is -0.757. The number of aromatic nitrogens is 2. The quantitative estimate of drug-likeness (QED) is 0.928. The van der Waals surface area contributed by atoms with Crippen LogP contribution in [0.5, 0.6) is 0 Å². The molecule has 0 spiro atoms. The maximum atomic E-state index is 11.6. The van der Waals surface area contributed by atoms with E-state index in [1.54, 1.807) is 0 Å². The van der Waals surface area contributed by atoms with Gasteiger partial charge in [0.05, 0.1) is 16.4 Å². The van der Waals surface area contributed by atoms with Crippen LogP contribution in [0.4, 0.5) is 0 Å². The summed E-state index contributed by atoms with van der Waals surface area (Å²) >= 11 is 6.33. The van der Waals surface area contributed by atoms with Crippen molar-refractivity contribution < 1.29 is 9.90 Å². The first-order chi connectivity index (χ1) is 9.40. The van der Waals surface area contributed by atoms with Crippen LogP contribution in [-0.4, -0.2) is 37.8 Å². The maximum absolute atomic E-state index is 11.6. The highest BCUT2D eigenvalue weighted by atomic mass is 35.5. The number of hydrogen-bond acceptors (Lipinski definition) is 3. The first-order valence-corrected chi connectivity index (χ1v) is 7.48. The summed E-state index contributed by atoms with van der Waals surface area (Å²) in [6, 6.07) is 0. The van der Waals surface area contributed by atoms with Gasteiger partial charge in [0, 0.05) is 13.1 Å². The smallest absolute Gasteiger partial charge is 0.323 e. The van der Waals surface area contributed by atoms with E-state index < -0.39 is 11.5 Å². The fourth-order valence-corrected chi connectivity index (χ4v) is 3.07. The second kappa shape index (κ2) is 5.74. The molecule has 6 heteroatoms. The summed E-state index contributed by atoms with van der Waals surface area (Å²) in [5.41, 5.74) is 0.914. The van der Waals surface area contributed by atoms with E-state index in [4.69, 9.17) is 11.6 Å². The maximum Gasteiger partial charge on any atom is 0.323 e. The minimum Gasteiger partial charge on any atom is -0.480 e. The number of nitrogens with zero attached hydrogens (tertiary/aromatic N) is 3. The Balaban J connectivity index is 2.30. The van der Waals surface area contributed by atoms with Crippen molar-refractivity contribution in [3.8, 4) is 0 Å². The van der Waals surface area contributed by atoms with E-state index in [9.17, 15) is 9.90 Å². The van der Waals surface area contributed by atoms with E-state index in [2.05, 4.69) is 5.10 Å². The number of rotatable bonds is 4. The first-order valence-electron chi connectivity index (χ1n) is 7.10. The zero-order chi connectivity index (χ0) is 14.9. The normalized spacial score (nSPS) is 24.0. The minimum absolute atomic E-state index is 0.538. The van der Waals surface area contributed by atoms with E-state index in [1.807, 2.05) is 30.4 Å². The fourth-order valence-electron chi connectivity index (χ4n) is 2.87. The Hall–Kier alpha value is -1.07. The van der Waals surface area contributed by atoms with Crippen molar-refractivity contribution >= 4 is 17.6 Å². The van der Waals surface area contributed by atoms with E-state index >= 15 is 0 Å². The molecule has 1 aliphatic rings. The third-order valence-corrected chi connectivity index (χ3v) is 4.79. The van der Waals surface area contributed by atoms with E-state index in [-0.39, 0.29) is 0 Å². The van der Waals surface area contributed by atoms with Crippen molar-refractivity contribution in [3.63, 3.8) is 0 Å². The highest BCUT2D eigenvalue weighted by Crippen LogP contribution is 2.31. The van der Waals surface area contributed by atoms with Gasteiger partial charge < -0.3 is 5.11 Å². The van der Waals surface area contributed by atoms with E-state index in [0.29, 0.717) is 18.0 Å². The van der Waals surface area contributed by atoms with Crippen molar-refractivity contribution in [3.05, 3.63) is 16.4 Å². The fraction of sp³-hybridized carbons (Fsp3) is 0.714. The SMILES string of the molecule is CCn1nc(C)c(Cl)c1CN1CCCCC1(C)C(=O)O. The van der Waals surface area contributed by atoms with Crippen LogP contribution < -0.4 is 0 Å². The number of halogens is 1. The lowest BCUT2D eigenvalue weighted by Gasteiger charge is -2.41. The molecule has 20 heavy (non-hydrogen) atoms. The Morgan fingerprint density at radius 1 is 1.50 bits per heavy atom. The van der Waals surface area contributed by atoms with Gasteiger partial charge in [-0.15, -0.1) is 0 Å². The van der Waals surface area contributed by atoms with Crippen LogP contribution in [-0.2, 0) is 17.9 Å². The standard InChI is InChI=1S/C14H22ClN3O2/c1-4-18-11(12(15)10(2)16-18)9-17-8-6-5-7-14(17,3)13(19)20/h4-9H2,1-3H3,(H,19,20). The highest BCUT2D eigenvalue weighted by molar-refractivity contribution is 6.31. The van der Waals surface area contributed by atoms with Gasteiger partial charge in [-0.25, -0.2) is 0 Å². The van der Waals surface area contributed by atoms with Gasteiger partial charge in [0.25, 0.3) is 0 Å². The van der Waals surface area contributed by atoms with Crippen molar-refractivity contribution in [2.24, 2.45) is 0 Å². The van der Waals surface area contributed by atoms with E-state index in [1.165, 1.54) is 0 Å². The summed E-state index contributed by atoms with van der Waals surface area (Å²) < 4.78 is 1.87. The third-order valence-electron chi connectivity index (χ3n) is 4.29. The number of piperidine rings is 1. The molecule has 1 aromatic heterocycles. The van der Waals surface area contributed by atoms with Crippen LogP contribution >= 0.6 is 11.6 Å². The Labute approximate surface area is 124 Å². The molecule has 1 atom stereocenters. The molecule has 0 amide bonds. The number of hydrogen-bond donors (Lipinski definition) is 1. The number of carboxylic acids is 1. The number of aryl methyl sites for hydroxylation is 2. The van der Waals surface area contributed by atoms with Crippen LogP contribution in [0, 0.1) is 6.92 Å². The summed E-state index contributed by atoms with van der Waals surface area (Å²) in [5, 5.41) is 14.6. The summed E-state index contributed by atoms with van der Waals surface area (Å²) in [6.07, 6.45) is 2.66. The number of carboxylic acid groups (broad SMARTS) is 1. The summed E-state index contributed by atoms with van der Waals surface area (Å²) in [4.78, 5) is 13.6. The molecule has 1 saturated heterocycles. The van der Waals surface area contributed by atoms with Gasteiger partial charge in [-0.2, -0.15) is 5.10 Å². The Bertz CT molecular complexity index is 515. The van der Waals surface area contributed by atoms with Crippen molar-refractivity contribution in [1.82, 2.24) is 14.7 Å². The molecule has 0 aromatic carbocycles. The number of likely N-dealkylation sites (tertiary alicyclic amines) is 1. The molecule has 1 aliphatic heterocycles. The molecule has 0 radical (unpaired) electrons. The molecule has 5 nitrogen and oxygen atoms in total. The largest absolute Gasteiger partial charge is 0.480 e. The Kier molecular flexibility index (Phi) is 4.39. The molecular weight excluding hydrogens is 278 g/mol. The third kappa shape index (κ3) is 2.56. The topological polar surface area (TPSA) is 58.4 Å². The van der Waals surface area contributed by atoms with Crippen LogP contribution in [0.3, 0.4) is 0 Å². The lowest BCUT2D eigenvalue weighted by atomic mass is 9.88. The van der Waals surface area contributed by atoms with Crippen molar-refractivity contribution in [1.29, 1.82) is 0 Å². The molecule has 2 heterocycles. The molecule has 2 rings (SSSR count). The molecule has 1 fully saturated rings. The van der Waals surface area contributed by atoms with Crippen LogP contribution in [0.15, 0.2) is 0 Å². The lowest BCUT2D eigenvalue weighted by Crippen LogP contribution is -2.54. The molecule has 112 valence electrons. The molecule has 1 N–H and O–H groups in total. The minimum atomic E-state index is -0.807. The van der Waals surface area contributed by atoms with Gasteiger partial charge in [0.2, 0.25) is 0 Å². The highest BCUT2D eigenvalue weighted by Gasteiger charge is 2.41. The van der Waals surface area contributed by atoms with Gasteiger partial charge in [0.15, 0.2) is 0 Å². The van der Waals surface area contributed by atoms with Gasteiger partial charge in [-0.1, -0.05) is 11.6 Å². The second-order valence-corrected chi connectivity index (χ2v) is 6.00. The Morgan fingerprint density at radius 2 is 2.20 bits per heavy atom. The molecule has 0 saturated carbocycles. The monoisotopic (exact) mass is 299 g/mol. The lowest BCUT2D eigenvalue weighted by molar-refractivity contribution is -0.153. The van der Waals surface area contributed by atoms with Crippen molar-refractivity contribution in [2.45, 2.75) is 58.7 Å². The average molecular weight is 300 g/mol. The zero-order valence-corrected chi connectivity index (χ0v) is 13.1. The number of aliphatic carboxylic acids is 1. The molecule has 1 aromatic rings. The second-order valence-electron chi connectivity index (χ2n) is 5.62. The molecule has 0 bridgehead atoms. The summed E-state index contributed by atoms with van der Waals surface area (Å²) in [6.45, 7) is 7.76. The van der Waals surface area contributed by atoms with Crippen LogP contribution in [0.1, 0.15) is 44.5 Å². The molecule has 1 unspecified atom stereocenters. The predicted molar refractivity (Wildman–Crippen MR) is 77.9 cm³/mol. The van der Waals surface area contributed by atoms with Crippen LogP contribution in [0.25, 0.3) is 0 Å². The zero-order valence-electron chi connectivity index (χ0n) is 12.3. The number of carbonyl (C=O) groups is 1. The average Bonchev–Trinajstić information content (AvgIpc) is 2.68. The van der Waals surface area contributed by atoms with Gasteiger partial charge in [-0.05, 0) is 46.6 Å². The first kappa shape index (κ1) is 15.3. The summed E-state index contributed by atoms with van der Waals surface area (Å²) in [7, 11) is 0. The van der Waals surface area contributed by atoms with Gasteiger partial charge in [0.1, 0.15) is 5.54 Å². The Morgan fingerprint density at radius 3 is 2.80 bits per heavy atom. The molecular formula is C14H22ClN3O2. The van der Waals surface area contributed by atoms with Crippen LogP contribution in [0.2, 0.25) is 5.02 Å². The van der Waals surface area contributed by atoms with Crippen molar-refractivity contribution in [2.75, 3.05) is 6.54 Å². The van der Waals surface area contributed by atoms with Gasteiger partial charge in [-0.3, -0.25) is 14.4 Å². The van der Waals surface area contributed by atoms with E-state index in [0.717, 1.165) is 37.3 Å². The predicted octanol–water partition coefficient (Wildman–Crippen LogP) is 2.69. The van der Waals surface area contributed by atoms with Gasteiger partial charge >= 0.3 is 5.97 Å². The molecule has 0 aliphatic carbocycles.